The molecule has 22 nitrogen and oxygen atoms in total. The van der Waals surface area contributed by atoms with Crippen molar-refractivity contribution in [3.8, 4) is 0 Å². The minimum absolute atomic E-state index is 0. The maximum Gasteiger partial charge on any atom is 3.00 e. The first-order valence-electron chi connectivity index (χ1n) is 18.6. The van der Waals surface area contributed by atoms with Crippen LogP contribution in [0, 0.1) is 39.9 Å². The number of rotatable bonds is 24. The van der Waals surface area contributed by atoms with E-state index in [-0.39, 0.29) is 137 Å². The number of amides is 3. The summed E-state index contributed by atoms with van der Waals surface area (Å²) in [5.41, 5.74) is 0.762. The van der Waals surface area contributed by atoms with E-state index in [0.717, 1.165) is 0 Å². The molecule has 1 radical (unpaired) electrons. The standard InChI is InChI=1S/C35H57N7O15.Gd/c43-19-24(46)14-36-30(49)7-4-27(33(52)53)40-10-12-41(28(34(54)55)5-8-31(50)37-15-25(47)20-44)17-22-2-1-3-23(39-22)18-42(13-11-40)29(35(56)57)6-9-32(51)38-16-26(48)21-45;/h1-3,24-29,43-48H,4-21H2,(H,36,49)(H,37,50)(H,38,51)(H,52,53)(H,54,55)(H,56,57);/q;+3/t24?,25?,26?,27-,28-,29+;/m1./s1. The van der Waals surface area contributed by atoms with Gasteiger partial charge in [0.1, 0.15) is 18.1 Å². The molecular formula is C35H57GdN7O15+3. The van der Waals surface area contributed by atoms with Crippen LogP contribution in [0.1, 0.15) is 49.9 Å². The number of aliphatic hydroxyl groups is 6. The number of hydrogen-bond acceptors (Lipinski definition) is 16. The number of pyridine rings is 1. The summed E-state index contributed by atoms with van der Waals surface area (Å²) < 4.78 is 0. The molecule has 0 fully saturated rings. The molecular weight excluding hydrogens is 916 g/mol. The Bertz CT molecular complexity index is 1390. The molecule has 2 heterocycles. The third-order valence-corrected chi connectivity index (χ3v) is 9.29. The molecule has 12 N–H and O–H groups in total. The van der Waals surface area contributed by atoms with Crippen molar-refractivity contribution >= 4 is 35.6 Å². The summed E-state index contributed by atoms with van der Waals surface area (Å²) in [5, 5.41) is 94.1. The molecule has 2 bridgehead atoms. The number of fused-ring (bicyclic) bond motifs is 2. The number of nitrogens with zero attached hydrogens (tertiary/aromatic N) is 4. The molecule has 1 aromatic rings. The van der Waals surface area contributed by atoms with Gasteiger partial charge in [0.15, 0.2) is 0 Å². The average Bonchev–Trinajstić information content (AvgIpc) is 3.17. The number of aliphatic carboxylic acids is 3. The second-order valence-electron chi connectivity index (χ2n) is 13.7. The molecule has 0 saturated carbocycles. The predicted octanol–water partition coefficient (Wildman–Crippen LogP) is -4.89. The largest absolute Gasteiger partial charge is 3.00 e. The van der Waals surface area contributed by atoms with Gasteiger partial charge in [-0.3, -0.25) is 48.5 Å². The van der Waals surface area contributed by atoms with Crippen LogP contribution in [0.25, 0.3) is 0 Å². The molecule has 1 aliphatic rings. The Labute approximate surface area is 367 Å². The van der Waals surface area contributed by atoms with Gasteiger partial charge in [-0.2, -0.15) is 0 Å². The van der Waals surface area contributed by atoms with Gasteiger partial charge in [-0.25, -0.2) is 0 Å². The van der Waals surface area contributed by atoms with Crippen LogP contribution >= 0.6 is 0 Å². The van der Waals surface area contributed by atoms with E-state index in [0.29, 0.717) is 11.4 Å². The summed E-state index contributed by atoms with van der Waals surface area (Å²) in [6.07, 6.45) is -5.14. The molecule has 1 aromatic heterocycles. The molecule has 0 saturated heterocycles. The van der Waals surface area contributed by atoms with Crippen LogP contribution < -0.4 is 16.0 Å². The van der Waals surface area contributed by atoms with Crippen molar-refractivity contribution in [3.05, 3.63) is 29.6 Å². The molecule has 0 aromatic carbocycles. The van der Waals surface area contributed by atoms with Crippen LogP contribution in [0.5, 0.6) is 0 Å². The number of aromatic nitrogens is 1. The van der Waals surface area contributed by atoms with Gasteiger partial charge in [0, 0.05) is 78.2 Å². The third-order valence-electron chi connectivity index (χ3n) is 9.29. The Morgan fingerprint density at radius 2 is 0.845 bits per heavy atom. The molecule has 1 aliphatic heterocycles. The number of carboxylic acid groups (broad SMARTS) is 3. The smallest absolute Gasteiger partial charge is 0.480 e. The van der Waals surface area contributed by atoms with Crippen LogP contribution in [-0.2, 0) is 41.9 Å². The van der Waals surface area contributed by atoms with E-state index in [1.54, 1.807) is 18.2 Å². The number of carbonyl (C=O) groups is 6. The summed E-state index contributed by atoms with van der Waals surface area (Å²) in [5.74, 6) is -5.65. The summed E-state index contributed by atoms with van der Waals surface area (Å²) in [6, 6.07) is 0.996. The van der Waals surface area contributed by atoms with Gasteiger partial charge in [-0.15, -0.1) is 0 Å². The minimum Gasteiger partial charge on any atom is -0.480 e. The van der Waals surface area contributed by atoms with E-state index in [4.69, 9.17) is 15.3 Å². The zero-order chi connectivity index (χ0) is 42.5. The van der Waals surface area contributed by atoms with Crippen molar-refractivity contribution < 1.29 is 115 Å². The van der Waals surface area contributed by atoms with Gasteiger partial charge in [-0.1, -0.05) is 6.07 Å². The molecule has 0 aliphatic carbocycles. The molecule has 0 spiro atoms. The first-order valence-corrected chi connectivity index (χ1v) is 18.6. The molecule has 58 heavy (non-hydrogen) atoms. The van der Waals surface area contributed by atoms with Crippen molar-refractivity contribution in [1.29, 1.82) is 0 Å². The Kier molecular flexibility index (Phi) is 25.9. The molecule has 3 amide bonds. The fraction of sp³-hybridized carbons (Fsp3) is 0.686. The number of carbonyl (C=O) groups excluding carboxylic acids is 3. The van der Waals surface area contributed by atoms with Gasteiger partial charge < -0.3 is 61.9 Å². The van der Waals surface area contributed by atoms with Gasteiger partial charge >= 0.3 is 57.8 Å². The first-order chi connectivity index (χ1) is 27.1. The number of carboxylic acids is 3. The van der Waals surface area contributed by atoms with Crippen molar-refractivity contribution in [1.82, 2.24) is 35.6 Å². The Hall–Kier alpha value is -3.07. The van der Waals surface area contributed by atoms with Crippen molar-refractivity contribution in [2.24, 2.45) is 0 Å². The minimum atomic E-state index is -1.35. The van der Waals surface area contributed by atoms with Crippen LogP contribution in [0.15, 0.2) is 18.2 Å². The summed E-state index contributed by atoms with van der Waals surface area (Å²) in [6.45, 7) is -3.13. The van der Waals surface area contributed by atoms with Crippen LogP contribution in [0.2, 0.25) is 0 Å². The average molecular weight is 973 g/mol. The van der Waals surface area contributed by atoms with Crippen molar-refractivity contribution in [2.45, 2.75) is 88.1 Å². The molecule has 327 valence electrons. The number of aliphatic hydroxyl groups excluding tert-OH is 6. The maximum atomic E-state index is 12.8. The van der Waals surface area contributed by atoms with Gasteiger partial charge in [0.2, 0.25) is 17.7 Å². The summed E-state index contributed by atoms with van der Waals surface area (Å²) in [7, 11) is 0. The Morgan fingerprint density at radius 3 is 1.14 bits per heavy atom. The normalized spacial score (nSPS) is 17.4. The fourth-order valence-electron chi connectivity index (χ4n) is 6.09. The number of hydrogen-bond donors (Lipinski definition) is 12. The van der Waals surface area contributed by atoms with Gasteiger partial charge in [-0.05, 0) is 31.4 Å². The number of nitrogens with one attached hydrogen (secondary N) is 3. The summed E-state index contributed by atoms with van der Waals surface area (Å²) >= 11 is 0. The van der Waals surface area contributed by atoms with Crippen LogP contribution in [0.4, 0.5) is 0 Å². The van der Waals surface area contributed by atoms with E-state index in [1.807, 2.05) is 0 Å². The third kappa shape index (κ3) is 19.8. The van der Waals surface area contributed by atoms with Crippen LogP contribution in [-0.4, -0.2) is 203 Å². The SMILES string of the molecule is O=C(CC[C@H](C(=O)O)N1CCN([C@H](CCC(=O)NCC(O)CO)C(=O)O)Cc2cccc(n2)CN([C@@H](CCC(=O)NCC(O)CO)C(=O)O)CC1)NCC(O)CO.[Gd+3]. The first kappa shape index (κ1) is 53.0. The van der Waals surface area contributed by atoms with E-state index in [9.17, 15) is 59.4 Å². The topological polar surface area (TPSA) is 343 Å². The van der Waals surface area contributed by atoms with E-state index < -0.39 is 91.9 Å². The second-order valence-corrected chi connectivity index (χ2v) is 13.7. The van der Waals surface area contributed by atoms with E-state index in [1.165, 1.54) is 14.7 Å². The van der Waals surface area contributed by atoms with Crippen molar-refractivity contribution in [2.75, 3.05) is 65.6 Å². The maximum absolute atomic E-state index is 12.8. The van der Waals surface area contributed by atoms with Crippen LogP contribution in [0.3, 0.4) is 0 Å². The molecule has 2 rings (SSSR count). The Morgan fingerprint density at radius 1 is 0.552 bits per heavy atom. The zero-order valence-corrected chi connectivity index (χ0v) is 34.3. The molecule has 23 heteroatoms. The van der Waals surface area contributed by atoms with E-state index in [2.05, 4.69) is 20.9 Å². The fourth-order valence-corrected chi connectivity index (χ4v) is 6.09. The van der Waals surface area contributed by atoms with Gasteiger partial charge in [0.25, 0.3) is 0 Å². The predicted molar refractivity (Wildman–Crippen MR) is 197 cm³/mol. The quantitative estimate of drug-likeness (QED) is 0.0462. The molecule has 6 atom stereocenters. The monoisotopic (exact) mass is 973 g/mol. The van der Waals surface area contributed by atoms with Crippen molar-refractivity contribution in [3.63, 3.8) is 0 Å². The second kappa shape index (κ2) is 28.4. The Balaban J connectivity index is 0.0000168. The van der Waals surface area contributed by atoms with E-state index >= 15 is 0 Å². The molecule has 3 unspecified atom stereocenters. The zero-order valence-electron chi connectivity index (χ0n) is 32.0. The summed E-state index contributed by atoms with van der Waals surface area (Å²) in [4.78, 5) is 84.9. The van der Waals surface area contributed by atoms with Gasteiger partial charge in [0.05, 0.1) is 49.5 Å².